The Kier molecular flexibility index (Phi) is 2.29. The minimum Gasteiger partial charge on any atom is -0.300 e. The first-order chi connectivity index (χ1) is 9.81. The number of nitrogens with zero attached hydrogens (tertiary/aromatic N) is 4. The second kappa shape index (κ2) is 4.13. The first-order valence-electron chi connectivity index (χ1n) is 6.46. The molecule has 4 aromatic rings. The maximum Gasteiger partial charge on any atom is 0.139 e. The van der Waals surface area contributed by atoms with Crippen molar-refractivity contribution in [3.05, 3.63) is 60.8 Å². The predicted molar refractivity (Wildman–Crippen MR) is 78.9 cm³/mol. The first-order valence-corrected chi connectivity index (χ1v) is 6.46. The van der Waals surface area contributed by atoms with Crippen LogP contribution in [0.4, 0.5) is 0 Å². The summed E-state index contributed by atoms with van der Waals surface area (Å²) in [6, 6.07) is 10.1. The van der Waals surface area contributed by atoms with E-state index >= 15 is 0 Å². The molecule has 4 heterocycles. The lowest BCUT2D eigenvalue weighted by molar-refractivity contribution is 1.04. The van der Waals surface area contributed by atoms with Crippen LogP contribution in [0, 0.1) is 6.92 Å². The Morgan fingerprint density at radius 3 is 2.90 bits per heavy atom. The summed E-state index contributed by atoms with van der Waals surface area (Å²) in [4.78, 5) is 13.3. The summed E-state index contributed by atoms with van der Waals surface area (Å²) in [6.45, 7) is 1.99. The molecule has 4 heteroatoms. The molecule has 0 amide bonds. The topological polar surface area (TPSA) is 43.6 Å². The molecule has 0 atom stereocenters. The molecule has 0 N–H and O–H groups in total. The van der Waals surface area contributed by atoms with E-state index in [-0.39, 0.29) is 0 Å². The molecule has 4 aromatic heterocycles. The fourth-order valence-corrected chi connectivity index (χ4v) is 2.41. The molecule has 20 heavy (non-hydrogen) atoms. The molecule has 0 aliphatic rings. The van der Waals surface area contributed by atoms with E-state index in [0.717, 1.165) is 33.3 Å². The van der Waals surface area contributed by atoms with Crippen LogP contribution in [0.15, 0.2) is 55.1 Å². The third kappa shape index (κ3) is 1.66. The highest BCUT2D eigenvalue weighted by molar-refractivity contribution is 5.83. The molecule has 0 spiro atoms. The Hall–Kier alpha value is -2.75. The number of hydrogen-bond acceptors (Lipinski definition) is 3. The highest BCUT2D eigenvalue weighted by atomic mass is 15.1. The van der Waals surface area contributed by atoms with Gasteiger partial charge in [-0.25, -0.2) is 4.98 Å². The molecule has 0 bridgehead atoms. The van der Waals surface area contributed by atoms with Crippen LogP contribution in [0.3, 0.4) is 0 Å². The van der Waals surface area contributed by atoms with Gasteiger partial charge in [-0.3, -0.25) is 14.5 Å². The third-order valence-corrected chi connectivity index (χ3v) is 3.44. The highest BCUT2D eigenvalue weighted by Gasteiger charge is 2.05. The lowest BCUT2D eigenvalue weighted by atomic mass is 10.2. The monoisotopic (exact) mass is 260 g/mol. The molecule has 4 nitrogen and oxygen atoms in total. The second-order valence-corrected chi connectivity index (χ2v) is 4.81. The zero-order chi connectivity index (χ0) is 13.5. The Balaban J connectivity index is 1.97. The average Bonchev–Trinajstić information content (AvgIpc) is 2.90. The summed E-state index contributed by atoms with van der Waals surface area (Å²) >= 11 is 0. The zero-order valence-electron chi connectivity index (χ0n) is 11.0. The number of hydrogen-bond donors (Lipinski definition) is 0. The Morgan fingerprint density at radius 1 is 1.00 bits per heavy atom. The second-order valence-electron chi connectivity index (χ2n) is 4.81. The van der Waals surface area contributed by atoms with Crippen molar-refractivity contribution in [1.82, 2.24) is 19.5 Å². The largest absolute Gasteiger partial charge is 0.300 e. The molecule has 96 valence electrons. The molecule has 4 rings (SSSR count). The molecule has 0 saturated carbocycles. The normalized spacial score (nSPS) is 11.2. The third-order valence-electron chi connectivity index (χ3n) is 3.44. The predicted octanol–water partition coefficient (Wildman–Crippen LogP) is 3.28. The van der Waals surface area contributed by atoms with Gasteiger partial charge in [0.1, 0.15) is 5.82 Å². The van der Waals surface area contributed by atoms with Crippen LogP contribution >= 0.6 is 0 Å². The number of aromatic nitrogens is 4. The van der Waals surface area contributed by atoms with E-state index in [9.17, 15) is 0 Å². The van der Waals surface area contributed by atoms with Crippen LogP contribution in [-0.4, -0.2) is 19.5 Å². The molecule has 0 unspecified atom stereocenters. The van der Waals surface area contributed by atoms with Gasteiger partial charge in [0.2, 0.25) is 0 Å². The number of rotatable bonds is 1. The van der Waals surface area contributed by atoms with Crippen molar-refractivity contribution in [3.63, 3.8) is 0 Å². The van der Waals surface area contributed by atoms with E-state index in [1.165, 1.54) is 0 Å². The van der Waals surface area contributed by atoms with Crippen LogP contribution in [0.2, 0.25) is 0 Å². The van der Waals surface area contributed by atoms with Crippen molar-refractivity contribution < 1.29 is 0 Å². The molecular weight excluding hydrogens is 248 g/mol. The van der Waals surface area contributed by atoms with Crippen LogP contribution in [0.25, 0.3) is 27.6 Å². The quantitative estimate of drug-likeness (QED) is 0.527. The van der Waals surface area contributed by atoms with Gasteiger partial charge in [-0.1, -0.05) is 0 Å². The van der Waals surface area contributed by atoms with Crippen molar-refractivity contribution in [2.45, 2.75) is 6.92 Å². The summed E-state index contributed by atoms with van der Waals surface area (Å²) in [7, 11) is 0. The van der Waals surface area contributed by atoms with Crippen molar-refractivity contribution in [2.24, 2.45) is 0 Å². The van der Waals surface area contributed by atoms with Gasteiger partial charge in [0, 0.05) is 41.1 Å². The molecule has 0 radical (unpaired) electrons. The van der Waals surface area contributed by atoms with Gasteiger partial charge < -0.3 is 0 Å². The van der Waals surface area contributed by atoms with E-state index in [1.54, 1.807) is 6.20 Å². The number of pyridine rings is 3. The Labute approximate surface area is 115 Å². The van der Waals surface area contributed by atoms with E-state index in [0.29, 0.717) is 0 Å². The van der Waals surface area contributed by atoms with Crippen LogP contribution < -0.4 is 0 Å². The van der Waals surface area contributed by atoms with E-state index in [2.05, 4.69) is 21.0 Å². The standard InChI is InChI=1S/C16H12N4/c1-11-2-3-13-9-18-16(8-14(13)19-11)20-7-5-12-4-6-17-10-15(12)20/h2-10H,1H3. The van der Waals surface area contributed by atoms with Crippen molar-refractivity contribution in [1.29, 1.82) is 0 Å². The van der Waals surface area contributed by atoms with Crippen LogP contribution in [0.1, 0.15) is 5.69 Å². The summed E-state index contributed by atoms with van der Waals surface area (Å²) in [5.74, 6) is 0.860. The summed E-state index contributed by atoms with van der Waals surface area (Å²) < 4.78 is 2.03. The van der Waals surface area contributed by atoms with Gasteiger partial charge in [0.15, 0.2) is 0 Å². The van der Waals surface area contributed by atoms with Gasteiger partial charge in [0.25, 0.3) is 0 Å². The lowest BCUT2D eigenvalue weighted by Crippen LogP contribution is -1.96. The van der Waals surface area contributed by atoms with Crippen molar-refractivity contribution >= 4 is 21.8 Å². The maximum atomic E-state index is 4.56. The van der Waals surface area contributed by atoms with Crippen LogP contribution in [0.5, 0.6) is 0 Å². The van der Waals surface area contributed by atoms with Gasteiger partial charge in [-0.05, 0) is 31.2 Å². The minimum atomic E-state index is 0.860. The highest BCUT2D eigenvalue weighted by Crippen LogP contribution is 2.20. The van der Waals surface area contributed by atoms with Crippen molar-refractivity contribution in [3.8, 4) is 5.82 Å². The van der Waals surface area contributed by atoms with Gasteiger partial charge >= 0.3 is 0 Å². The fraction of sp³-hybridized carbons (Fsp3) is 0.0625. The zero-order valence-corrected chi connectivity index (χ0v) is 11.0. The van der Waals surface area contributed by atoms with Gasteiger partial charge in [0.05, 0.1) is 17.2 Å². The van der Waals surface area contributed by atoms with Crippen molar-refractivity contribution in [2.75, 3.05) is 0 Å². The van der Waals surface area contributed by atoms with Gasteiger partial charge in [-0.2, -0.15) is 0 Å². The molecule has 0 saturated heterocycles. The molecule has 0 aliphatic carbocycles. The Bertz CT molecular complexity index is 924. The first kappa shape index (κ1) is 11.1. The molecule has 0 aromatic carbocycles. The lowest BCUT2D eigenvalue weighted by Gasteiger charge is -2.06. The Morgan fingerprint density at radius 2 is 1.95 bits per heavy atom. The molecular formula is C16H12N4. The summed E-state index contributed by atoms with van der Waals surface area (Å²) in [5, 5.41) is 2.20. The SMILES string of the molecule is Cc1ccc2cnc(-n3ccc4ccncc43)cc2n1. The smallest absolute Gasteiger partial charge is 0.139 e. The summed E-state index contributed by atoms with van der Waals surface area (Å²) in [5.41, 5.74) is 3.02. The summed E-state index contributed by atoms with van der Waals surface area (Å²) in [6.07, 6.45) is 7.52. The minimum absolute atomic E-state index is 0.860. The molecule has 0 fully saturated rings. The van der Waals surface area contributed by atoms with E-state index in [4.69, 9.17) is 0 Å². The molecule has 0 aliphatic heterocycles. The number of aryl methyl sites for hydroxylation is 1. The number of fused-ring (bicyclic) bond motifs is 2. The van der Waals surface area contributed by atoms with E-state index in [1.807, 2.05) is 54.3 Å². The fourth-order valence-electron chi connectivity index (χ4n) is 2.41. The van der Waals surface area contributed by atoms with Crippen LogP contribution in [-0.2, 0) is 0 Å². The van der Waals surface area contributed by atoms with Gasteiger partial charge in [-0.15, -0.1) is 0 Å². The average molecular weight is 260 g/mol. The maximum absolute atomic E-state index is 4.56. The van der Waals surface area contributed by atoms with E-state index < -0.39 is 0 Å².